The Balaban J connectivity index is 1.73. The molecular formula is C21H25ClN2O4S. The zero-order chi connectivity index (χ0) is 21.0. The molecule has 1 aliphatic rings. The number of benzene rings is 2. The number of hydrogen-bond donors (Lipinski definition) is 1. The molecule has 3 rings (SSSR count). The second-order valence-corrected chi connectivity index (χ2v) is 9.79. The molecule has 1 amide bonds. The first-order valence-corrected chi connectivity index (χ1v) is 11.4. The van der Waals surface area contributed by atoms with E-state index < -0.39 is 15.9 Å². The van der Waals surface area contributed by atoms with E-state index in [0.717, 1.165) is 12.8 Å². The first-order valence-electron chi connectivity index (χ1n) is 9.61. The lowest BCUT2D eigenvalue weighted by Gasteiger charge is -2.16. The highest BCUT2D eigenvalue weighted by Crippen LogP contribution is 2.28. The zero-order valence-corrected chi connectivity index (χ0v) is 18.1. The van der Waals surface area contributed by atoms with Crippen LogP contribution in [0.3, 0.4) is 0 Å². The zero-order valence-electron chi connectivity index (χ0n) is 16.5. The molecule has 1 saturated heterocycles. The summed E-state index contributed by atoms with van der Waals surface area (Å²) in [5, 5.41) is 3.15. The summed E-state index contributed by atoms with van der Waals surface area (Å²) >= 11 is 6.24. The van der Waals surface area contributed by atoms with E-state index in [2.05, 4.69) is 5.32 Å². The van der Waals surface area contributed by atoms with E-state index in [4.69, 9.17) is 16.3 Å². The maximum Gasteiger partial charge on any atom is 0.255 e. The number of halogens is 1. The Hall–Kier alpha value is -2.09. The topological polar surface area (TPSA) is 75.7 Å². The Morgan fingerprint density at radius 3 is 2.55 bits per heavy atom. The Labute approximate surface area is 176 Å². The summed E-state index contributed by atoms with van der Waals surface area (Å²) in [5.41, 5.74) is 0.770. The monoisotopic (exact) mass is 436 g/mol. The van der Waals surface area contributed by atoms with Gasteiger partial charge in [0.1, 0.15) is 5.75 Å². The minimum absolute atomic E-state index is 0.127. The van der Waals surface area contributed by atoms with E-state index in [1.807, 2.05) is 13.8 Å². The van der Waals surface area contributed by atoms with Gasteiger partial charge in [0.05, 0.1) is 16.5 Å². The predicted octanol–water partition coefficient (Wildman–Crippen LogP) is 4.41. The van der Waals surface area contributed by atoms with E-state index in [9.17, 15) is 13.2 Å². The van der Waals surface area contributed by atoms with Gasteiger partial charge < -0.3 is 10.1 Å². The van der Waals surface area contributed by atoms with Crippen molar-refractivity contribution in [3.8, 4) is 5.75 Å². The molecule has 2 aromatic rings. The summed E-state index contributed by atoms with van der Waals surface area (Å²) in [6.07, 6.45) is 1.72. The van der Waals surface area contributed by atoms with Crippen LogP contribution >= 0.6 is 11.6 Å². The third-order valence-electron chi connectivity index (χ3n) is 4.56. The molecule has 2 aromatic carbocycles. The number of carbonyl (C=O) groups is 1. The Bertz CT molecular complexity index is 986. The van der Waals surface area contributed by atoms with Crippen molar-refractivity contribution in [1.29, 1.82) is 0 Å². The van der Waals surface area contributed by atoms with Gasteiger partial charge in [-0.2, -0.15) is 4.31 Å². The summed E-state index contributed by atoms with van der Waals surface area (Å²) in [6, 6.07) is 11.1. The Morgan fingerprint density at radius 2 is 1.90 bits per heavy atom. The number of anilines is 1. The SMILES string of the molecule is CC(C)COc1ccc(NC(=O)c2cccc(S(=O)(=O)N3CCCC3)c2)cc1Cl. The number of ether oxygens (including phenoxy) is 1. The minimum atomic E-state index is -3.58. The lowest BCUT2D eigenvalue weighted by Crippen LogP contribution is -2.28. The van der Waals surface area contributed by atoms with Crippen LogP contribution < -0.4 is 10.1 Å². The van der Waals surface area contributed by atoms with Crippen molar-refractivity contribution in [2.24, 2.45) is 5.92 Å². The van der Waals surface area contributed by atoms with Gasteiger partial charge in [-0.25, -0.2) is 8.42 Å². The van der Waals surface area contributed by atoms with E-state index in [1.165, 1.54) is 16.4 Å². The maximum atomic E-state index is 12.7. The second-order valence-electron chi connectivity index (χ2n) is 7.44. The fourth-order valence-electron chi connectivity index (χ4n) is 3.03. The molecule has 1 heterocycles. The van der Waals surface area contributed by atoms with E-state index >= 15 is 0 Å². The summed E-state index contributed by atoms with van der Waals surface area (Å²) < 4.78 is 32.5. The number of nitrogens with one attached hydrogen (secondary N) is 1. The Morgan fingerprint density at radius 1 is 1.17 bits per heavy atom. The van der Waals surface area contributed by atoms with Crippen molar-refractivity contribution in [2.75, 3.05) is 25.0 Å². The quantitative estimate of drug-likeness (QED) is 0.697. The van der Waals surface area contributed by atoms with Crippen LogP contribution in [0.25, 0.3) is 0 Å². The molecule has 6 nitrogen and oxygen atoms in total. The standard InChI is InChI=1S/C21H25ClN2O4S/c1-15(2)14-28-20-9-8-17(13-19(20)22)23-21(25)16-6-5-7-18(12-16)29(26,27)24-10-3-4-11-24/h5-9,12-13,15H,3-4,10-11,14H2,1-2H3,(H,23,25). The van der Waals surface area contributed by atoms with E-state index in [0.29, 0.717) is 42.1 Å². The molecule has 8 heteroatoms. The van der Waals surface area contributed by atoms with Crippen LogP contribution in [0.4, 0.5) is 5.69 Å². The number of sulfonamides is 1. The highest BCUT2D eigenvalue weighted by atomic mass is 35.5. The molecular weight excluding hydrogens is 412 g/mol. The largest absolute Gasteiger partial charge is 0.492 e. The molecule has 0 aliphatic carbocycles. The van der Waals surface area contributed by atoms with Crippen LogP contribution in [0, 0.1) is 5.92 Å². The molecule has 0 unspecified atom stereocenters. The van der Waals surface area contributed by atoms with E-state index in [-0.39, 0.29) is 10.5 Å². The van der Waals surface area contributed by atoms with Gasteiger partial charge in [0.25, 0.3) is 5.91 Å². The first-order chi connectivity index (χ1) is 13.8. The molecule has 1 aliphatic heterocycles. The highest BCUT2D eigenvalue weighted by Gasteiger charge is 2.27. The lowest BCUT2D eigenvalue weighted by atomic mass is 10.2. The van der Waals surface area contributed by atoms with E-state index in [1.54, 1.807) is 30.3 Å². The number of amides is 1. The summed E-state index contributed by atoms with van der Waals surface area (Å²) in [5.74, 6) is 0.516. The van der Waals surface area contributed by atoms with Crippen LogP contribution in [0.5, 0.6) is 5.75 Å². The average Bonchev–Trinajstić information content (AvgIpc) is 3.23. The van der Waals surface area contributed by atoms with Crippen LogP contribution in [-0.4, -0.2) is 38.3 Å². The maximum absolute atomic E-state index is 12.7. The van der Waals surface area contributed by atoms with Crippen molar-refractivity contribution >= 4 is 33.2 Å². The van der Waals surface area contributed by atoms with Crippen LogP contribution in [0.2, 0.25) is 5.02 Å². The molecule has 0 atom stereocenters. The highest BCUT2D eigenvalue weighted by molar-refractivity contribution is 7.89. The predicted molar refractivity (Wildman–Crippen MR) is 114 cm³/mol. The fourth-order valence-corrected chi connectivity index (χ4v) is 4.83. The fraction of sp³-hybridized carbons (Fsp3) is 0.381. The normalized spacial score (nSPS) is 14.9. The number of nitrogens with zero attached hydrogens (tertiary/aromatic N) is 1. The van der Waals surface area contributed by atoms with Crippen LogP contribution in [0.15, 0.2) is 47.4 Å². The molecule has 0 radical (unpaired) electrons. The van der Waals surface area contributed by atoms with Gasteiger partial charge in [0.15, 0.2) is 0 Å². The molecule has 1 N–H and O–H groups in total. The molecule has 156 valence electrons. The van der Waals surface area contributed by atoms with Crippen LogP contribution in [-0.2, 0) is 10.0 Å². The van der Waals surface area contributed by atoms with Crippen molar-refractivity contribution in [3.63, 3.8) is 0 Å². The van der Waals surface area contributed by atoms with Crippen molar-refractivity contribution < 1.29 is 17.9 Å². The molecule has 1 fully saturated rings. The number of rotatable bonds is 7. The van der Waals surface area contributed by atoms with Gasteiger partial charge in [0.2, 0.25) is 10.0 Å². The summed E-state index contributed by atoms with van der Waals surface area (Å²) in [4.78, 5) is 12.8. The van der Waals surface area contributed by atoms with Crippen LogP contribution in [0.1, 0.15) is 37.0 Å². The van der Waals surface area contributed by atoms with Crippen molar-refractivity contribution in [3.05, 3.63) is 53.1 Å². The van der Waals surface area contributed by atoms with Gasteiger partial charge in [-0.1, -0.05) is 31.5 Å². The summed E-state index contributed by atoms with van der Waals surface area (Å²) in [6.45, 7) is 5.66. The lowest BCUT2D eigenvalue weighted by molar-refractivity contribution is 0.102. The average molecular weight is 437 g/mol. The van der Waals surface area contributed by atoms with Gasteiger partial charge in [-0.05, 0) is 55.2 Å². The minimum Gasteiger partial charge on any atom is -0.492 e. The van der Waals surface area contributed by atoms with Crippen molar-refractivity contribution in [1.82, 2.24) is 4.31 Å². The molecule has 0 bridgehead atoms. The Kier molecular flexibility index (Phi) is 6.82. The smallest absolute Gasteiger partial charge is 0.255 e. The molecule has 0 spiro atoms. The number of carbonyl (C=O) groups excluding carboxylic acids is 1. The second kappa shape index (κ2) is 9.15. The van der Waals surface area contributed by atoms with Crippen molar-refractivity contribution in [2.45, 2.75) is 31.6 Å². The summed E-state index contributed by atoms with van der Waals surface area (Å²) in [7, 11) is -3.58. The third-order valence-corrected chi connectivity index (χ3v) is 6.75. The van der Waals surface area contributed by atoms with Gasteiger partial charge in [0, 0.05) is 24.3 Å². The molecule has 29 heavy (non-hydrogen) atoms. The van der Waals surface area contributed by atoms with Gasteiger partial charge in [-0.15, -0.1) is 0 Å². The number of hydrogen-bond acceptors (Lipinski definition) is 4. The first kappa shape index (κ1) is 21.6. The van der Waals surface area contributed by atoms with Gasteiger partial charge in [-0.3, -0.25) is 4.79 Å². The molecule has 0 saturated carbocycles. The third kappa shape index (κ3) is 5.29. The molecule has 0 aromatic heterocycles. The van der Waals surface area contributed by atoms with Gasteiger partial charge >= 0.3 is 0 Å².